The van der Waals surface area contributed by atoms with Crippen LogP contribution in [0, 0.1) is 5.92 Å². The molecular weight excluding hydrogens is 412 g/mol. The highest BCUT2D eigenvalue weighted by atomic mass is 16.5. The molecule has 1 unspecified atom stereocenters. The maximum Gasteiger partial charge on any atom is 0.321 e. The van der Waals surface area contributed by atoms with Crippen LogP contribution in [0.4, 0.5) is 10.5 Å². The van der Waals surface area contributed by atoms with Crippen LogP contribution < -0.4 is 10.1 Å². The molecule has 1 N–H and O–H groups in total. The van der Waals surface area contributed by atoms with E-state index < -0.39 is 0 Å². The third kappa shape index (κ3) is 5.39. The van der Waals surface area contributed by atoms with Crippen molar-refractivity contribution in [2.24, 2.45) is 5.92 Å². The molecule has 0 saturated carbocycles. The first-order chi connectivity index (χ1) is 15.6. The molecule has 2 saturated heterocycles. The lowest BCUT2D eigenvalue weighted by atomic mass is 9.78. The molecule has 9 heteroatoms. The summed E-state index contributed by atoms with van der Waals surface area (Å²) < 4.78 is 22.3. The number of likely N-dealkylation sites (tertiary alicyclic amines) is 1. The summed E-state index contributed by atoms with van der Waals surface area (Å²) >= 11 is 0. The summed E-state index contributed by atoms with van der Waals surface area (Å²) in [5.41, 5.74) is 0.513. The average Bonchev–Trinajstić information content (AvgIpc) is 3.23. The molecule has 0 radical (unpaired) electrons. The Kier molecular flexibility index (Phi) is 7.26. The summed E-state index contributed by atoms with van der Waals surface area (Å²) in [6, 6.07) is 7.41. The number of aromatic nitrogens is 2. The van der Waals surface area contributed by atoms with Gasteiger partial charge in [-0.1, -0.05) is 17.3 Å². The van der Waals surface area contributed by atoms with Gasteiger partial charge in [0.15, 0.2) is 5.82 Å². The summed E-state index contributed by atoms with van der Waals surface area (Å²) in [6.45, 7) is 4.87. The molecule has 32 heavy (non-hydrogen) atoms. The average molecular weight is 445 g/mol. The molecule has 3 heterocycles. The van der Waals surface area contributed by atoms with E-state index in [2.05, 4.69) is 15.5 Å². The number of nitrogens with zero attached hydrogens (tertiary/aromatic N) is 3. The molecule has 2 amide bonds. The number of nitrogens with one attached hydrogen (secondary N) is 1. The Morgan fingerprint density at radius 3 is 2.91 bits per heavy atom. The molecule has 9 nitrogen and oxygen atoms in total. The number of anilines is 1. The molecule has 0 aliphatic carbocycles. The molecule has 2 aromatic rings. The fourth-order valence-electron chi connectivity index (χ4n) is 4.62. The standard InChI is InChI=1S/C23H32N4O5/c1-3-30-19-7-5-4-6-18(19)24-22(28)27-11-9-23(10-12-27)15-17(8-13-31-23)14-21-25-20(16-29-2)26-32-21/h4-7,17H,3,8-16H2,1-2H3,(H,24,28). The number of carbonyl (C=O) groups excluding carboxylic acids is 1. The number of benzene rings is 1. The first-order valence-electron chi connectivity index (χ1n) is 11.3. The maximum absolute atomic E-state index is 12.8. The molecular formula is C23H32N4O5. The molecule has 1 aromatic heterocycles. The van der Waals surface area contributed by atoms with Crippen LogP contribution in [0.3, 0.4) is 0 Å². The van der Waals surface area contributed by atoms with Gasteiger partial charge >= 0.3 is 6.03 Å². The lowest BCUT2D eigenvalue weighted by molar-refractivity contribution is -0.123. The lowest BCUT2D eigenvalue weighted by Crippen LogP contribution is -2.51. The van der Waals surface area contributed by atoms with Gasteiger partial charge in [-0.15, -0.1) is 0 Å². The second-order valence-electron chi connectivity index (χ2n) is 8.48. The lowest BCUT2D eigenvalue weighted by Gasteiger charge is -2.46. The number of ether oxygens (including phenoxy) is 3. The van der Waals surface area contributed by atoms with E-state index >= 15 is 0 Å². The number of piperidine rings is 1. The van der Waals surface area contributed by atoms with Crippen molar-refractivity contribution in [2.45, 2.75) is 51.2 Å². The zero-order valence-corrected chi connectivity index (χ0v) is 18.8. The van der Waals surface area contributed by atoms with Crippen molar-refractivity contribution in [1.29, 1.82) is 0 Å². The van der Waals surface area contributed by atoms with Crippen LogP contribution in [-0.2, 0) is 22.5 Å². The number of amides is 2. The Morgan fingerprint density at radius 2 is 2.12 bits per heavy atom. The van der Waals surface area contributed by atoms with Crippen molar-refractivity contribution in [2.75, 3.05) is 38.7 Å². The molecule has 1 aromatic carbocycles. The largest absolute Gasteiger partial charge is 0.492 e. The maximum atomic E-state index is 12.8. The van der Waals surface area contributed by atoms with Crippen LogP contribution in [0.2, 0.25) is 0 Å². The van der Waals surface area contributed by atoms with Crippen LogP contribution in [0.15, 0.2) is 28.8 Å². The van der Waals surface area contributed by atoms with Crippen molar-refractivity contribution >= 4 is 11.7 Å². The quantitative estimate of drug-likeness (QED) is 0.696. The highest BCUT2D eigenvalue weighted by molar-refractivity contribution is 5.91. The van der Waals surface area contributed by atoms with Gasteiger partial charge in [0.05, 0.1) is 17.9 Å². The Hall–Kier alpha value is -2.65. The van der Waals surface area contributed by atoms with Crippen molar-refractivity contribution in [3.8, 4) is 5.75 Å². The van der Waals surface area contributed by atoms with Crippen LogP contribution in [-0.4, -0.2) is 60.1 Å². The number of carbonyl (C=O) groups is 1. The first-order valence-corrected chi connectivity index (χ1v) is 11.3. The van der Waals surface area contributed by atoms with Crippen LogP contribution in [0.1, 0.15) is 44.3 Å². The van der Waals surface area contributed by atoms with Crippen LogP contribution in [0.25, 0.3) is 0 Å². The van der Waals surface area contributed by atoms with Gasteiger partial charge in [-0.25, -0.2) is 4.79 Å². The number of rotatable bonds is 7. The second kappa shape index (κ2) is 10.3. The van der Waals surface area contributed by atoms with Gasteiger partial charge < -0.3 is 29.0 Å². The SMILES string of the molecule is CCOc1ccccc1NC(=O)N1CCC2(CC1)CC(Cc1nc(COC)no1)CCO2. The minimum atomic E-state index is -0.182. The van der Waals surface area contributed by atoms with Gasteiger partial charge in [-0.3, -0.25) is 0 Å². The van der Waals surface area contributed by atoms with E-state index in [4.69, 9.17) is 18.7 Å². The molecule has 0 bridgehead atoms. The van der Waals surface area contributed by atoms with Crippen LogP contribution >= 0.6 is 0 Å². The third-order valence-electron chi connectivity index (χ3n) is 6.23. The third-order valence-corrected chi connectivity index (χ3v) is 6.23. The van der Waals surface area contributed by atoms with Crippen LogP contribution in [0.5, 0.6) is 5.75 Å². The Morgan fingerprint density at radius 1 is 1.31 bits per heavy atom. The molecule has 1 atom stereocenters. The van der Waals surface area contributed by atoms with Gasteiger partial charge in [0.25, 0.3) is 0 Å². The molecule has 174 valence electrons. The van der Waals surface area contributed by atoms with Gasteiger partial charge in [0, 0.05) is 33.2 Å². The summed E-state index contributed by atoms with van der Waals surface area (Å²) in [7, 11) is 1.61. The molecule has 2 aliphatic rings. The fourth-order valence-corrected chi connectivity index (χ4v) is 4.62. The van der Waals surface area contributed by atoms with E-state index in [1.54, 1.807) is 7.11 Å². The topological polar surface area (TPSA) is 99.0 Å². The predicted octanol–water partition coefficient (Wildman–Crippen LogP) is 3.65. The number of hydrogen-bond acceptors (Lipinski definition) is 7. The number of para-hydroxylation sites is 2. The van der Waals surface area contributed by atoms with Gasteiger partial charge in [0.2, 0.25) is 5.89 Å². The van der Waals surface area contributed by atoms with E-state index in [-0.39, 0.29) is 11.6 Å². The van der Waals surface area contributed by atoms with Crippen molar-refractivity contribution in [1.82, 2.24) is 15.0 Å². The second-order valence-corrected chi connectivity index (χ2v) is 8.48. The van der Waals surface area contributed by atoms with E-state index in [1.165, 1.54) is 0 Å². The number of methoxy groups -OCH3 is 1. The van der Waals surface area contributed by atoms with Gasteiger partial charge in [-0.2, -0.15) is 4.98 Å². The molecule has 2 fully saturated rings. The highest BCUT2D eigenvalue weighted by Gasteiger charge is 2.41. The van der Waals surface area contributed by atoms with Crippen molar-refractivity contribution in [3.63, 3.8) is 0 Å². The zero-order chi connectivity index (χ0) is 22.4. The fraction of sp³-hybridized carbons (Fsp3) is 0.609. The summed E-state index contributed by atoms with van der Waals surface area (Å²) in [4.78, 5) is 19.1. The Bertz CT molecular complexity index is 894. The normalized spacial score (nSPS) is 20.3. The van der Waals surface area contributed by atoms with Crippen molar-refractivity contribution in [3.05, 3.63) is 36.0 Å². The summed E-state index contributed by atoms with van der Waals surface area (Å²) in [5, 5.41) is 6.95. The van der Waals surface area contributed by atoms with E-state index in [9.17, 15) is 4.79 Å². The van der Waals surface area contributed by atoms with Gasteiger partial charge in [-0.05, 0) is 50.7 Å². The highest BCUT2D eigenvalue weighted by Crippen LogP contribution is 2.39. The number of hydrogen-bond donors (Lipinski definition) is 1. The predicted molar refractivity (Wildman–Crippen MR) is 118 cm³/mol. The minimum Gasteiger partial charge on any atom is -0.492 e. The van der Waals surface area contributed by atoms with E-state index in [0.29, 0.717) is 55.4 Å². The van der Waals surface area contributed by atoms with E-state index in [1.807, 2.05) is 36.1 Å². The molecule has 2 aliphatic heterocycles. The first kappa shape index (κ1) is 22.5. The molecule has 1 spiro atoms. The monoisotopic (exact) mass is 444 g/mol. The van der Waals surface area contributed by atoms with Gasteiger partial charge in [0.1, 0.15) is 12.4 Å². The zero-order valence-electron chi connectivity index (χ0n) is 18.8. The summed E-state index contributed by atoms with van der Waals surface area (Å²) in [5.74, 6) is 2.35. The minimum absolute atomic E-state index is 0.101. The Balaban J connectivity index is 1.30. The smallest absolute Gasteiger partial charge is 0.321 e. The number of urea groups is 1. The van der Waals surface area contributed by atoms with E-state index in [0.717, 1.165) is 38.7 Å². The summed E-state index contributed by atoms with van der Waals surface area (Å²) in [6.07, 6.45) is 4.31. The van der Waals surface area contributed by atoms with Crippen molar-refractivity contribution < 1.29 is 23.5 Å². The molecule has 4 rings (SSSR count). The Labute approximate surface area is 188 Å².